The molecule has 0 atom stereocenters. The third-order valence-corrected chi connectivity index (χ3v) is 4.34. The Kier molecular flexibility index (Phi) is 7.27. The normalized spacial score (nSPS) is 19.2. The van der Waals surface area contributed by atoms with E-state index in [0.29, 0.717) is 11.7 Å². The first kappa shape index (κ1) is 16.0. The fraction of sp³-hybridized carbons (Fsp3) is 0.667. The zero-order valence-electron chi connectivity index (χ0n) is 13.0. The van der Waals surface area contributed by atoms with Crippen LogP contribution in [0.2, 0.25) is 0 Å². The van der Waals surface area contributed by atoms with E-state index in [1.807, 2.05) is 12.1 Å². The molecule has 21 heavy (non-hydrogen) atoms. The van der Waals surface area contributed by atoms with Crippen LogP contribution in [0.25, 0.3) is 0 Å². The number of carbonyl (C=O) groups is 1. The van der Waals surface area contributed by atoms with E-state index in [0.717, 1.165) is 12.8 Å². The smallest absolute Gasteiger partial charge is 0.270 e. The Balaban J connectivity index is 1.84. The van der Waals surface area contributed by atoms with Crippen molar-refractivity contribution >= 4 is 5.91 Å². The average Bonchev–Trinajstić information content (AvgIpc) is 2.51. The number of pyridine rings is 1. The summed E-state index contributed by atoms with van der Waals surface area (Å²) in [5, 5.41) is 3.19. The maximum atomic E-state index is 12.2. The van der Waals surface area contributed by atoms with Crippen LogP contribution in [0.15, 0.2) is 24.4 Å². The van der Waals surface area contributed by atoms with Crippen molar-refractivity contribution in [2.75, 3.05) is 0 Å². The lowest BCUT2D eigenvalue weighted by atomic mass is 9.98. The summed E-state index contributed by atoms with van der Waals surface area (Å²) in [6.07, 6.45) is 15.8. The van der Waals surface area contributed by atoms with Crippen LogP contribution >= 0.6 is 0 Å². The fourth-order valence-corrected chi connectivity index (χ4v) is 3.06. The number of carbonyl (C=O) groups excluding carboxylic acids is 1. The largest absolute Gasteiger partial charge is 0.348 e. The maximum absolute atomic E-state index is 12.2. The van der Waals surface area contributed by atoms with Crippen molar-refractivity contribution in [3.63, 3.8) is 0 Å². The van der Waals surface area contributed by atoms with Gasteiger partial charge in [-0.1, -0.05) is 63.9 Å². The van der Waals surface area contributed by atoms with Gasteiger partial charge in [0.05, 0.1) is 0 Å². The van der Waals surface area contributed by atoms with Crippen molar-refractivity contribution in [2.24, 2.45) is 0 Å². The first-order valence-corrected chi connectivity index (χ1v) is 8.58. The molecular weight excluding hydrogens is 260 g/mol. The topological polar surface area (TPSA) is 42.0 Å². The molecule has 116 valence electrons. The standard InChI is InChI=1S/C18H28N2O/c21-18(17-14-10-11-15-19-17)20-16-12-8-6-4-2-1-3-5-7-9-13-16/h10-11,14-16H,1-9,12-13H2,(H,20,21). The van der Waals surface area contributed by atoms with Gasteiger partial charge in [0.15, 0.2) is 0 Å². The number of amides is 1. The predicted molar refractivity (Wildman–Crippen MR) is 86.3 cm³/mol. The number of nitrogens with one attached hydrogen (secondary N) is 1. The molecule has 0 aromatic carbocycles. The van der Waals surface area contributed by atoms with Crippen molar-refractivity contribution in [2.45, 2.75) is 76.7 Å². The summed E-state index contributed by atoms with van der Waals surface area (Å²) >= 11 is 0. The van der Waals surface area contributed by atoms with E-state index in [2.05, 4.69) is 10.3 Å². The molecule has 1 heterocycles. The second-order valence-corrected chi connectivity index (χ2v) is 6.14. The number of aromatic nitrogens is 1. The van der Waals surface area contributed by atoms with E-state index in [1.165, 1.54) is 57.8 Å². The molecule has 0 saturated heterocycles. The Morgan fingerprint density at radius 3 is 2.00 bits per heavy atom. The van der Waals surface area contributed by atoms with Crippen LogP contribution in [0.5, 0.6) is 0 Å². The molecule has 1 N–H and O–H groups in total. The summed E-state index contributed by atoms with van der Waals surface area (Å²) < 4.78 is 0. The van der Waals surface area contributed by atoms with E-state index >= 15 is 0 Å². The third kappa shape index (κ3) is 6.28. The molecule has 1 aliphatic rings. The Morgan fingerprint density at radius 2 is 1.48 bits per heavy atom. The fourth-order valence-electron chi connectivity index (χ4n) is 3.06. The highest BCUT2D eigenvalue weighted by molar-refractivity contribution is 5.92. The van der Waals surface area contributed by atoms with Gasteiger partial charge in [0.2, 0.25) is 0 Å². The minimum Gasteiger partial charge on any atom is -0.348 e. The van der Waals surface area contributed by atoms with Crippen LogP contribution in [0, 0.1) is 0 Å². The maximum Gasteiger partial charge on any atom is 0.270 e. The molecule has 2 rings (SSSR count). The number of rotatable bonds is 2. The van der Waals surface area contributed by atoms with Crippen LogP contribution < -0.4 is 5.32 Å². The summed E-state index contributed by atoms with van der Waals surface area (Å²) in [7, 11) is 0. The minimum atomic E-state index is -0.0207. The molecule has 0 unspecified atom stereocenters. The van der Waals surface area contributed by atoms with Gasteiger partial charge in [-0.25, -0.2) is 0 Å². The lowest BCUT2D eigenvalue weighted by Crippen LogP contribution is -2.35. The molecule has 1 amide bonds. The second kappa shape index (κ2) is 9.54. The Labute approximate surface area is 128 Å². The Bertz CT molecular complexity index is 393. The van der Waals surface area contributed by atoms with Crippen LogP contribution in [0.1, 0.15) is 81.1 Å². The van der Waals surface area contributed by atoms with Crippen LogP contribution in [-0.4, -0.2) is 16.9 Å². The Morgan fingerprint density at radius 1 is 0.905 bits per heavy atom. The molecule has 0 radical (unpaired) electrons. The molecule has 3 nitrogen and oxygen atoms in total. The lowest BCUT2D eigenvalue weighted by molar-refractivity contribution is 0.0926. The summed E-state index contributed by atoms with van der Waals surface area (Å²) in [6.45, 7) is 0. The van der Waals surface area contributed by atoms with Gasteiger partial charge in [-0.15, -0.1) is 0 Å². The van der Waals surface area contributed by atoms with Crippen molar-refractivity contribution in [1.29, 1.82) is 0 Å². The summed E-state index contributed by atoms with van der Waals surface area (Å²) in [5.74, 6) is -0.0207. The van der Waals surface area contributed by atoms with Gasteiger partial charge in [-0.3, -0.25) is 9.78 Å². The highest BCUT2D eigenvalue weighted by Gasteiger charge is 2.14. The predicted octanol–water partition coefficient (Wildman–Crippen LogP) is 4.48. The molecule has 1 aromatic rings. The van der Waals surface area contributed by atoms with E-state index in [1.54, 1.807) is 12.3 Å². The van der Waals surface area contributed by atoms with Crippen LogP contribution in [0.4, 0.5) is 0 Å². The van der Waals surface area contributed by atoms with Gasteiger partial charge in [0.1, 0.15) is 5.69 Å². The molecule has 1 aromatic heterocycles. The summed E-state index contributed by atoms with van der Waals surface area (Å²) in [4.78, 5) is 16.3. The zero-order valence-corrected chi connectivity index (χ0v) is 13.0. The third-order valence-electron chi connectivity index (χ3n) is 4.34. The number of hydrogen-bond donors (Lipinski definition) is 1. The quantitative estimate of drug-likeness (QED) is 0.871. The van der Waals surface area contributed by atoms with Crippen molar-refractivity contribution in [3.05, 3.63) is 30.1 Å². The van der Waals surface area contributed by atoms with Crippen molar-refractivity contribution in [3.8, 4) is 0 Å². The molecule has 1 aliphatic carbocycles. The molecule has 0 bridgehead atoms. The second-order valence-electron chi connectivity index (χ2n) is 6.14. The highest BCUT2D eigenvalue weighted by atomic mass is 16.1. The van der Waals surface area contributed by atoms with Crippen LogP contribution in [-0.2, 0) is 0 Å². The molecule has 1 saturated carbocycles. The zero-order chi connectivity index (χ0) is 14.8. The summed E-state index contributed by atoms with van der Waals surface area (Å²) in [6, 6.07) is 5.80. The highest BCUT2D eigenvalue weighted by Crippen LogP contribution is 2.17. The van der Waals surface area contributed by atoms with Gasteiger partial charge < -0.3 is 5.32 Å². The molecule has 1 fully saturated rings. The number of nitrogens with zero attached hydrogens (tertiary/aromatic N) is 1. The van der Waals surface area contributed by atoms with Crippen molar-refractivity contribution in [1.82, 2.24) is 10.3 Å². The summed E-state index contributed by atoms with van der Waals surface area (Å²) in [5.41, 5.74) is 0.531. The van der Waals surface area contributed by atoms with Gasteiger partial charge in [-0.05, 0) is 25.0 Å². The van der Waals surface area contributed by atoms with Crippen molar-refractivity contribution < 1.29 is 4.79 Å². The first-order valence-electron chi connectivity index (χ1n) is 8.58. The van der Waals surface area contributed by atoms with Gasteiger partial charge in [0, 0.05) is 12.2 Å². The van der Waals surface area contributed by atoms with E-state index < -0.39 is 0 Å². The monoisotopic (exact) mass is 288 g/mol. The lowest BCUT2D eigenvalue weighted by Gasteiger charge is -2.19. The molecule has 0 aliphatic heterocycles. The SMILES string of the molecule is O=C(NC1CCCCCCCCCCC1)c1ccccn1. The van der Waals surface area contributed by atoms with Crippen LogP contribution in [0.3, 0.4) is 0 Å². The van der Waals surface area contributed by atoms with E-state index in [4.69, 9.17) is 0 Å². The average molecular weight is 288 g/mol. The molecule has 3 heteroatoms. The molecule has 0 spiro atoms. The number of hydrogen-bond acceptors (Lipinski definition) is 2. The van der Waals surface area contributed by atoms with Gasteiger partial charge in [0.25, 0.3) is 5.91 Å². The van der Waals surface area contributed by atoms with Gasteiger partial charge in [-0.2, -0.15) is 0 Å². The Hall–Kier alpha value is -1.38. The first-order chi connectivity index (χ1) is 10.4. The van der Waals surface area contributed by atoms with E-state index in [-0.39, 0.29) is 5.91 Å². The molecular formula is C18H28N2O. The van der Waals surface area contributed by atoms with E-state index in [9.17, 15) is 4.79 Å². The van der Waals surface area contributed by atoms with Gasteiger partial charge >= 0.3 is 0 Å². The minimum absolute atomic E-state index is 0.0207.